The quantitative estimate of drug-likeness (QED) is 0.907. The smallest absolute Gasteiger partial charge is 0.254 e. The minimum Gasteiger partial charge on any atom is -0.394 e. The van der Waals surface area contributed by atoms with E-state index in [1.165, 1.54) is 6.07 Å². The molecule has 19 heavy (non-hydrogen) atoms. The summed E-state index contributed by atoms with van der Waals surface area (Å²) in [6.45, 7) is -0.189. The maximum Gasteiger partial charge on any atom is 0.254 e. The first-order valence-electron chi connectivity index (χ1n) is 5.53. The van der Waals surface area contributed by atoms with Gasteiger partial charge in [-0.15, -0.1) is 11.3 Å². The van der Waals surface area contributed by atoms with Crippen molar-refractivity contribution in [3.63, 3.8) is 0 Å². The normalized spacial score (nSPS) is 12.2. The van der Waals surface area contributed by atoms with Crippen LogP contribution in [0.25, 0.3) is 0 Å². The molecule has 2 N–H and O–H groups in total. The minimum atomic E-state index is -0.469. The van der Waals surface area contributed by atoms with Gasteiger partial charge in [-0.25, -0.2) is 0 Å². The van der Waals surface area contributed by atoms with Crippen LogP contribution in [0.1, 0.15) is 22.0 Å². The number of rotatable bonds is 4. The van der Waals surface area contributed by atoms with E-state index in [0.717, 1.165) is 16.9 Å². The number of aliphatic hydroxyl groups excluding tert-OH is 1. The summed E-state index contributed by atoms with van der Waals surface area (Å²) in [5, 5.41) is 12.1. The Morgan fingerprint density at radius 2 is 2.00 bits per heavy atom. The van der Waals surface area contributed by atoms with Gasteiger partial charge in [0, 0.05) is 0 Å². The molecule has 1 aromatic carbocycles. The summed E-state index contributed by atoms with van der Waals surface area (Å²) in [5.74, 6) is -0.351. The van der Waals surface area contributed by atoms with Crippen molar-refractivity contribution in [3.8, 4) is 0 Å². The second-order valence-corrected chi connectivity index (χ2v) is 6.14. The highest BCUT2D eigenvalue weighted by Crippen LogP contribution is 2.31. The molecule has 0 saturated carbocycles. The molecule has 0 bridgehead atoms. The van der Waals surface area contributed by atoms with Crippen LogP contribution in [-0.4, -0.2) is 17.6 Å². The van der Waals surface area contributed by atoms with Crippen LogP contribution in [0.3, 0.4) is 0 Å². The van der Waals surface area contributed by atoms with Crippen LogP contribution in [0.15, 0.2) is 36.4 Å². The summed E-state index contributed by atoms with van der Waals surface area (Å²) in [4.78, 5) is 12.1. The largest absolute Gasteiger partial charge is 0.394 e. The highest BCUT2D eigenvalue weighted by Gasteiger charge is 2.18. The van der Waals surface area contributed by atoms with E-state index in [4.69, 9.17) is 23.2 Å². The first-order valence-corrected chi connectivity index (χ1v) is 7.10. The molecule has 0 radical (unpaired) electrons. The summed E-state index contributed by atoms with van der Waals surface area (Å²) in [6, 6.07) is 10.3. The van der Waals surface area contributed by atoms with Crippen molar-refractivity contribution < 1.29 is 9.90 Å². The lowest BCUT2D eigenvalue weighted by Crippen LogP contribution is -2.30. The molecule has 2 rings (SSSR count). The summed E-state index contributed by atoms with van der Waals surface area (Å²) in [6.07, 6.45) is 0. The van der Waals surface area contributed by atoms with Crippen molar-refractivity contribution in [2.45, 2.75) is 6.04 Å². The number of thiophene rings is 1. The molecule has 0 aliphatic carbocycles. The van der Waals surface area contributed by atoms with Crippen LogP contribution >= 0.6 is 34.5 Å². The van der Waals surface area contributed by atoms with Crippen LogP contribution in [-0.2, 0) is 0 Å². The van der Waals surface area contributed by atoms with Gasteiger partial charge in [0.1, 0.15) is 4.34 Å². The molecule has 0 saturated heterocycles. The van der Waals surface area contributed by atoms with Gasteiger partial charge in [-0.2, -0.15) is 0 Å². The third-order valence-electron chi connectivity index (χ3n) is 2.59. The zero-order valence-electron chi connectivity index (χ0n) is 9.77. The van der Waals surface area contributed by atoms with Crippen molar-refractivity contribution in [2.24, 2.45) is 0 Å². The Morgan fingerprint density at radius 1 is 1.32 bits per heavy atom. The highest BCUT2D eigenvalue weighted by molar-refractivity contribution is 7.20. The first kappa shape index (κ1) is 14.3. The molecule has 1 amide bonds. The average molecular weight is 316 g/mol. The summed E-state index contributed by atoms with van der Waals surface area (Å²) < 4.78 is 0.794. The van der Waals surface area contributed by atoms with E-state index < -0.39 is 6.04 Å². The van der Waals surface area contributed by atoms with Gasteiger partial charge >= 0.3 is 0 Å². The maximum absolute atomic E-state index is 12.1. The molecule has 0 aliphatic rings. The standard InChI is InChI=1S/C13H11Cl2NO2S/c14-11-6-9(12(15)19-11)13(18)16-10(7-17)8-4-2-1-3-5-8/h1-6,10,17H,7H2,(H,16,18)/t10-/m0/s1. The Kier molecular flexibility index (Phi) is 4.82. The number of hydrogen-bond donors (Lipinski definition) is 2. The lowest BCUT2D eigenvalue weighted by molar-refractivity contribution is 0.0917. The van der Waals surface area contributed by atoms with E-state index >= 15 is 0 Å². The highest BCUT2D eigenvalue weighted by atomic mass is 35.5. The van der Waals surface area contributed by atoms with Crippen molar-refractivity contribution in [3.05, 3.63) is 56.2 Å². The fourth-order valence-electron chi connectivity index (χ4n) is 1.65. The zero-order valence-corrected chi connectivity index (χ0v) is 12.1. The van der Waals surface area contributed by atoms with E-state index in [1.807, 2.05) is 30.3 Å². The number of aliphatic hydroxyl groups is 1. The molecule has 0 spiro atoms. The van der Waals surface area contributed by atoms with Gasteiger partial charge in [0.15, 0.2) is 0 Å². The fourth-order valence-corrected chi connectivity index (χ4v) is 3.11. The molecule has 0 aliphatic heterocycles. The second kappa shape index (κ2) is 6.39. The van der Waals surface area contributed by atoms with E-state index in [0.29, 0.717) is 14.2 Å². The van der Waals surface area contributed by atoms with Gasteiger partial charge < -0.3 is 10.4 Å². The van der Waals surface area contributed by atoms with E-state index in [-0.39, 0.29) is 12.5 Å². The van der Waals surface area contributed by atoms with Crippen molar-refractivity contribution in [1.29, 1.82) is 0 Å². The summed E-state index contributed by atoms with van der Waals surface area (Å²) in [5.41, 5.74) is 1.15. The van der Waals surface area contributed by atoms with Gasteiger partial charge in [0.2, 0.25) is 0 Å². The second-order valence-electron chi connectivity index (χ2n) is 3.86. The Labute approximate surface area is 124 Å². The third kappa shape index (κ3) is 3.48. The number of carbonyl (C=O) groups excluding carboxylic acids is 1. The van der Waals surface area contributed by atoms with Crippen molar-refractivity contribution in [2.75, 3.05) is 6.61 Å². The SMILES string of the molecule is O=C(N[C@@H](CO)c1ccccc1)c1cc(Cl)sc1Cl. The molecule has 2 aromatic rings. The molecule has 1 atom stereocenters. The Bertz CT molecular complexity index is 571. The maximum atomic E-state index is 12.1. The van der Waals surface area contributed by atoms with Crippen LogP contribution in [0.5, 0.6) is 0 Å². The fraction of sp³-hybridized carbons (Fsp3) is 0.154. The third-order valence-corrected chi connectivity index (χ3v) is 4.08. The lowest BCUT2D eigenvalue weighted by atomic mass is 10.1. The Morgan fingerprint density at radius 3 is 2.53 bits per heavy atom. The van der Waals surface area contributed by atoms with Gasteiger partial charge in [-0.05, 0) is 11.6 Å². The topological polar surface area (TPSA) is 49.3 Å². The van der Waals surface area contributed by atoms with Crippen molar-refractivity contribution in [1.82, 2.24) is 5.32 Å². The number of amides is 1. The van der Waals surface area contributed by atoms with E-state index in [9.17, 15) is 9.90 Å². The zero-order chi connectivity index (χ0) is 13.8. The summed E-state index contributed by atoms with van der Waals surface area (Å²) >= 11 is 12.9. The molecular weight excluding hydrogens is 305 g/mol. The van der Waals surface area contributed by atoms with E-state index in [2.05, 4.69) is 5.32 Å². The average Bonchev–Trinajstić information content (AvgIpc) is 2.76. The number of halogens is 2. The molecular formula is C13H11Cl2NO2S. The van der Waals surface area contributed by atoms with Gasteiger partial charge in [-0.3, -0.25) is 4.79 Å². The molecule has 0 unspecified atom stereocenters. The molecule has 0 fully saturated rings. The first-order chi connectivity index (χ1) is 9.11. The number of carbonyl (C=O) groups is 1. The summed E-state index contributed by atoms with van der Waals surface area (Å²) in [7, 11) is 0. The molecule has 1 heterocycles. The predicted octanol–water partition coefficient (Wildman–Crippen LogP) is 3.52. The molecule has 3 nitrogen and oxygen atoms in total. The van der Waals surface area contributed by atoms with Crippen LogP contribution < -0.4 is 5.32 Å². The Hall–Kier alpha value is -1.07. The van der Waals surface area contributed by atoms with Gasteiger partial charge in [0.25, 0.3) is 5.91 Å². The monoisotopic (exact) mass is 315 g/mol. The Balaban J connectivity index is 2.15. The molecule has 1 aromatic heterocycles. The molecule has 100 valence electrons. The van der Waals surface area contributed by atoms with Crippen LogP contribution in [0, 0.1) is 0 Å². The molecule has 6 heteroatoms. The minimum absolute atomic E-state index is 0.189. The van der Waals surface area contributed by atoms with E-state index in [1.54, 1.807) is 0 Å². The number of hydrogen-bond acceptors (Lipinski definition) is 3. The number of nitrogens with one attached hydrogen (secondary N) is 1. The van der Waals surface area contributed by atoms with Crippen molar-refractivity contribution >= 4 is 40.4 Å². The number of benzene rings is 1. The van der Waals surface area contributed by atoms with Gasteiger partial charge in [0.05, 0.1) is 22.5 Å². The van der Waals surface area contributed by atoms with Crippen LogP contribution in [0.2, 0.25) is 8.67 Å². The lowest BCUT2D eigenvalue weighted by Gasteiger charge is -2.16. The predicted molar refractivity (Wildman–Crippen MR) is 78.1 cm³/mol. The van der Waals surface area contributed by atoms with Gasteiger partial charge in [-0.1, -0.05) is 53.5 Å². The van der Waals surface area contributed by atoms with Crippen LogP contribution in [0.4, 0.5) is 0 Å².